The van der Waals surface area contributed by atoms with Crippen LogP contribution >= 0.6 is 0 Å². The summed E-state index contributed by atoms with van der Waals surface area (Å²) in [4.78, 5) is 10.3. The van der Waals surface area contributed by atoms with Gasteiger partial charge in [0.1, 0.15) is 0 Å². The minimum absolute atomic E-state index is 0.245. The predicted octanol–water partition coefficient (Wildman–Crippen LogP) is 2.61. The minimum atomic E-state index is -0.910. The lowest BCUT2D eigenvalue weighted by Gasteiger charge is -2.22. The third-order valence-corrected chi connectivity index (χ3v) is 2.54. The predicted molar refractivity (Wildman–Crippen MR) is 68.8 cm³/mol. The standard InChI is InChI=1S/C14H19NO2/c1-11(2)14(12-7-4-3-5-8-12)15-10-6-9-13(16)17/h3-9,11,14-15H,10H2,1-2H3,(H,16,17)/t14-/m1/s1. The summed E-state index contributed by atoms with van der Waals surface area (Å²) in [5.41, 5.74) is 1.23. The Kier molecular flexibility index (Phi) is 5.43. The van der Waals surface area contributed by atoms with Gasteiger partial charge in [0.2, 0.25) is 0 Å². The molecule has 0 aromatic heterocycles. The van der Waals surface area contributed by atoms with Crippen molar-refractivity contribution in [2.24, 2.45) is 5.92 Å². The highest BCUT2D eigenvalue weighted by Crippen LogP contribution is 2.20. The van der Waals surface area contributed by atoms with Crippen LogP contribution in [0.1, 0.15) is 25.5 Å². The van der Waals surface area contributed by atoms with Crippen molar-refractivity contribution < 1.29 is 9.90 Å². The van der Waals surface area contributed by atoms with Crippen molar-refractivity contribution in [3.8, 4) is 0 Å². The van der Waals surface area contributed by atoms with Crippen LogP contribution in [0.4, 0.5) is 0 Å². The highest BCUT2D eigenvalue weighted by molar-refractivity contribution is 5.79. The number of nitrogens with one attached hydrogen (secondary N) is 1. The maximum atomic E-state index is 10.3. The molecule has 2 N–H and O–H groups in total. The van der Waals surface area contributed by atoms with Gasteiger partial charge in [-0.05, 0) is 11.5 Å². The highest BCUT2D eigenvalue weighted by atomic mass is 16.4. The van der Waals surface area contributed by atoms with Gasteiger partial charge in [-0.2, -0.15) is 0 Å². The van der Waals surface area contributed by atoms with E-state index in [0.717, 1.165) is 6.08 Å². The minimum Gasteiger partial charge on any atom is -0.478 e. The maximum Gasteiger partial charge on any atom is 0.328 e. The SMILES string of the molecule is CC(C)[C@@H](NCC=CC(=O)O)c1ccccc1. The van der Waals surface area contributed by atoms with Crippen molar-refractivity contribution in [1.82, 2.24) is 5.32 Å². The third kappa shape index (κ3) is 4.83. The fourth-order valence-electron chi connectivity index (χ4n) is 1.75. The van der Waals surface area contributed by atoms with Gasteiger partial charge in [-0.3, -0.25) is 0 Å². The van der Waals surface area contributed by atoms with Gasteiger partial charge in [0.15, 0.2) is 0 Å². The van der Waals surface area contributed by atoms with Crippen molar-refractivity contribution in [3.63, 3.8) is 0 Å². The van der Waals surface area contributed by atoms with Gasteiger partial charge < -0.3 is 10.4 Å². The largest absolute Gasteiger partial charge is 0.478 e. The Hall–Kier alpha value is -1.61. The van der Waals surface area contributed by atoms with E-state index in [9.17, 15) is 4.79 Å². The van der Waals surface area contributed by atoms with Crippen LogP contribution in [-0.4, -0.2) is 17.6 Å². The Morgan fingerprint density at radius 2 is 2.00 bits per heavy atom. The first kappa shape index (κ1) is 13.5. The first-order chi connectivity index (χ1) is 8.11. The molecule has 0 aliphatic rings. The molecule has 0 heterocycles. The lowest BCUT2D eigenvalue weighted by Crippen LogP contribution is -2.25. The molecule has 0 radical (unpaired) electrons. The monoisotopic (exact) mass is 233 g/mol. The van der Waals surface area contributed by atoms with Crippen LogP contribution in [0.15, 0.2) is 42.5 Å². The molecular formula is C14H19NO2. The molecule has 1 aromatic rings. The quantitative estimate of drug-likeness (QED) is 0.742. The molecule has 0 bridgehead atoms. The Bertz CT molecular complexity index is 371. The summed E-state index contributed by atoms with van der Waals surface area (Å²) in [6.07, 6.45) is 2.79. The van der Waals surface area contributed by atoms with E-state index in [1.54, 1.807) is 6.08 Å². The summed E-state index contributed by atoms with van der Waals surface area (Å²) in [6.45, 7) is 4.85. The van der Waals surface area contributed by atoms with Crippen LogP contribution in [0.2, 0.25) is 0 Å². The summed E-state index contributed by atoms with van der Waals surface area (Å²) in [5, 5.41) is 11.8. The molecule has 92 valence electrons. The molecule has 1 rings (SSSR count). The number of carboxylic acid groups (broad SMARTS) is 1. The average Bonchev–Trinajstić information content (AvgIpc) is 2.29. The van der Waals surface area contributed by atoms with Crippen LogP contribution in [0.5, 0.6) is 0 Å². The van der Waals surface area contributed by atoms with E-state index in [2.05, 4.69) is 31.3 Å². The van der Waals surface area contributed by atoms with Gasteiger partial charge in [0, 0.05) is 18.7 Å². The molecule has 1 atom stereocenters. The number of hydrogen-bond donors (Lipinski definition) is 2. The van der Waals surface area contributed by atoms with E-state index in [0.29, 0.717) is 12.5 Å². The molecule has 1 aromatic carbocycles. The first-order valence-corrected chi connectivity index (χ1v) is 5.79. The van der Waals surface area contributed by atoms with E-state index in [1.807, 2.05) is 18.2 Å². The molecule has 0 amide bonds. The van der Waals surface area contributed by atoms with Gasteiger partial charge in [0.05, 0.1) is 0 Å². The van der Waals surface area contributed by atoms with Crippen LogP contribution < -0.4 is 5.32 Å². The number of benzene rings is 1. The van der Waals surface area contributed by atoms with Crippen LogP contribution in [0, 0.1) is 5.92 Å². The van der Waals surface area contributed by atoms with Crippen LogP contribution in [0.3, 0.4) is 0 Å². The molecule has 3 heteroatoms. The summed E-state index contributed by atoms with van der Waals surface area (Å²) in [7, 11) is 0. The highest BCUT2D eigenvalue weighted by Gasteiger charge is 2.13. The molecule has 0 aliphatic heterocycles. The molecule has 17 heavy (non-hydrogen) atoms. The Morgan fingerprint density at radius 3 is 2.53 bits per heavy atom. The molecule has 0 saturated carbocycles. The smallest absolute Gasteiger partial charge is 0.328 e. The van der Waals surface area contributed by atoms with Gasteiger partial charge in [0.25, 0.3) is 0 Å². The summed E-state index contributed by atoms with van der Waals surface area (Å²) < 4.78 is 0. The maximum absolute atomic E-state index is 10.3. The van der Waals surface area contributed by atoms with Crippen molar-refractivity contribution in [2.75, 3.05) is 6.54 Å². The zero-order chi connectivity index (χ0) is 12.7. The molecule has 0 spiro atoms. The summed E-state index contributed by atoms with van der Waals surface area (Å²) in [5.74, 6) is -0.455. The second kappa shape index (κ2) is 6.86. The Morgan fingerprint density at radius 1 is 1.35 bits per heavy atom. The number of hydrogen-bond acceptors (Lipinski definition) is 2. The lowest BCUT2D eigenvalue weighted by molar-refractivity contribution is -0.131. The van der Waals surface area contributed by atoms with Gasteiger partial charge in [-0.1, -0.05) is 50.3 Å². The summed E-state index contributed by atoms with van der Waals surface area (Å²) in [6, 6.07) is 10.4. The Balaban J connectivity index is 2.59. The zero-order valence-corrected chi connectivity index (χ0v) is 10.3. The molecule has 0 aliphatic carbocycles. The van der Waals surface area contributed by atoms with Gasteiger partial charge in [-0.15, -0.1) is 0 Å². The van der Waals surface area contributed by atoms with Crippen LogP contribution in [0.25, 0.3) is 0 Å². The van der Waals surface area contributed by atoms with E-state index in [-0.39, 0.29) is 6.04 Å². The lowest BCUT2D eigenvalue weighted by atomic mass is 9.96. The van der Waals surface area contributed by atoms with Crippen LogP contribution in [-0.2, 0) is 4.79 Å². The molecule has 0 fully saturated rings. The third-order valence-electron chi connectivity index (χ3n) is 2.54. The van der Waals surface area contributed by atoms with Crippen molar-refractivity contribution in [1.29, 1.82) is 0 Å². The zero-order valence-electron chi connectivity index (χ0n) is 10.3. The topological polar surface area (TPSA) is 49.3 Å². The van der Waals surface area contributed by atoms with Gasteiger partial charge >= 0.3 is 5.97 Å². The van der Waals surface area contributed by atoms with E-state index < -0.39 is 5.97 Å². The van der Waals surface area contributed by atoms with Crippen molar-refractivity contribution in [3.05, 3.63) is 48.0 Å². The normalized spacial score (nSPS) is 13.1. The number of carbonyl (C=O) groups is 1. The van der Waals surface area contributed by atoms with E-state index in [4.69, 9.17) is 5.11 Å². The molecular weight excluding hydrogens is 214 g/mol. The summed E-state index contributed by atoms with van der Waals surface area (Å²) >= 11 is 0. The average molecular weight is 233 g/mol. The first-order valence-electron chi connectivity index (χ1n) is 5.79. The Labute approximate surface area is 102 Å². The van der Waals surface area contributed by atoms with E-state index in [1.165, 1.54) is 5.56 Å². The fourth-order valence-corrected chi connectivity index (χ4v) is 1.75. The fraction of sp³-hybridized carbons (Fsp3) is 0.357. The van der Waals surface area contributed by atoms with E-state index >= 15 is 0 Å². The second-order valence-corrected chi connectivity index (χ2v) is 4.28. The second-order valence-electron chi connectivity index (χ2n) is 4.28. The molecule has 0 saturated heterocycles. The van der Waals surface area contributed by atoms with Gasteiger partial charge in [-0.25, -0.2) is 4.79 Å². The van der Waals surface area contributed by atoms with Crippen molar-refractivity contribution >= 4 is 5.97 Å². The number of aliphatic carboxylic acids is 1. The number of rotatable bonds is 6. The molecule has 0 unspecified atom stereocenters. The van der Waals surface area contributed by atoms with Crippen molar-refractivity contribution in [2.45, 2.75) is 19.9 Å². The number of carboxylic acids is 1. The molecule has 3 nitrogen and oxygen atoms in total.